The number of nitrogens with zero attached hydrogens (tertiary/aromatic N) is 2. The Morgan fingerprint density at radius 3 is 2.50 bits per heavy atom. The third kappa shape index (κ3) is 2.07. The summed E-state index contributed by atoms with van der Waals surface area (Å²) in [6.45, 7) is 0. The Balaban J connectivity index is 2.79. The van der Waals surface area contributed by atoms with Crippen molar-refractivity contribution in [2.24, 2.45) is 0 Å². The van der Waals surface area contributed by atoms with Crippen LogP contribution in [0, 0.1) is 0 Å². The number of ether oxygens (including phenoxy) is 1. The second-order valence-electron chi connectivity index (χ2n) is 3.34. The molecule has 0 bridgehead atoms. The van der Waals surface area contributed by atoms with E-state index in [2.05, 4.69) is 25.9 Å². The fraction of sp³-hybridized carbons (Fsp3) is 0.200. The molecule has 2 aromatic heterocycles. The lowest BCUT2D eigenvalue weighted by Crippen LogP contribution is -2.09. The van der Waals surface area contributed by atoms with Gasteiger partial charge < -0.3 is 9.84 Å². The van der Waals surface area contributed by atoms with Crippen molar-refractivity contribution >= 4 is 27.0 Å². The number of pyridine rings is 2. The third-order valence-electron chi connectivity index (χ3n) is 2.20. The van der Waals surface area contributed by atoms with Gasteiger partial charge in [-0.2, -0.15) is 13.2 Å². The van der Waals surface area contributed by atoms with Crippen LogP contribution in [0.1, 0.15) is 5.69 Å². The van der Waals surface area contributed by atoms with E-state index < -0.39 is 17.6 Å². The van der Waals surface area contributed by atoms with Crippen molar-refractivity contribution in [3.63, 3.8) is 0 Å². The molecule has 18 heavy (non-hydrogen) atoms. The van der Waals surface area contributed by atoms with E-state index in [1.807, 2.05) is 0 Å². The van der Waals surface area contributed by atoms with Crippen molar-refractivity contribution in [3.05, 3.63) is 22.3 Å². The van der Waals surface area contributed by atoms with Gasteiger partial charge >= 0.3 is 6.18 Å². The van der Waals surface area contributed by atoms with Gasteiger partial charge in [0.25, 0.3) is 0 Å². The van der Waals surface area contributed by atoms with E-state index in [9.17, 15) is 18.3 Å². The molecule has 0 spiro atoms. The minimum absolute atomic E-state index is 0.00722. The lowest BCUT2D eigenvalue weighted by atomic mass is 10.2. The first kappa shape index (κ1) is 12.9. The highest BCUT2D eigenvalue weighted by Gasteiger charge is 2.37. The summed E-state index contributed by atoms with van der Waals surface area (Å²) in [7, 11) is 1.37. The van der Waals surface area contributed by atoms with E-state index in [0.29, 0.717) is 0 Å². The number of fused-ring (bicyclic) bond motifs is 1. The quantitative estimate of drug-likeness (QED) is 0.876. The number of rotatable bonds is 1. The van der Waals surface area contributed by atoms with E-state index in [-0.39, 0.29) is 21.4 Å². The van der Waals surface area contributed by atoms with Crippen molar-refractivity contribution in [2.45, 2.75) is 6.18 Å². The van der Waals surface area contributed by atoms with Crippen molar-refractivity contribution in [2.75, 3.05) is 7.11 Å². The molecule has 0 amide bonds. The zero-order valence-electron chi connectivity index (χ0n) is 8.92. The molecule has 0 saturated carbocycles. The molecule has 2 aromatic rings. The zero-order valence-corrected chi connectivity index (χ0v) is 10.5. The fourth-order valence-corrected chi connectivity index (χ4v) is 1.87. The SMILES string of the molecule is COc1ccc2nc(C(F)(F)F)c(O)c(Br)c2n1. The Labute approximate surface area is 108 Å². The van der Waals surface area contributed by atoms with Crippen LogP contribution < -0.4 is 4.74 Å². The molecule has 0 aromatic carbocycles. The van der Waals surface area contributed by atoms with Gasteiger partial charge in [-0.15, -0.1) is 0 Å². The largest absolute Gasteiger partial charge is 0.505 e. The number of aromatic hydroxyl groups is 1. The summed E-state index contributed by atoms with van der Waals surface area (Å²) < 4.78 is 42.5. The molecule has 0 aliphatic heterocycles. The molecule has 0 saturated heterocycles. The van der Waals surface area contributed by atoms with Crippen molar-refractivity contribution < 1.29 is 23.0 Å². The van der Waals surface area contributed by atoms with Crippen LogP contribution in [-0.4, -0.2) is 22.2 Å². The third-order valence-corrected chi connectivity index (χ3v) is 2.95. The molecular formula is C10H6BrF3N2O2. The number of alkyl halides is 3. The molecule has 4 nitrogen and oxygen atoms in total. The molecule has 8 heteroatoms. The number of methoxy groups -OCH3 is 1. The molecule has 0 unspecified atom stereocenters. The lowest BCUT2D eigenvalue weighted by Gasteiger charge is -2.11. The normalized spacial score (nSPS) is 11.8. The summed E-state index contributed by atoms with van der Waals surface area (Å²) in [5.74, 6) is -0.778. The van der Waals surface area contributed by atoms with Crippen LogP contribution in [-0.2, 0) is 6.18 Å². The van der Waals surface area contributed by atoms with Gasteiger partial charge in [0.2, 0.25) is 5.88 Å². The molecular weight excluding hydrogens is 317 g/mol. The average molecular weight is 323 g/mol. The number of halogens is 4. The highest BCUT2D eigenvalue weighted by Crippen LogP contribution is 2.41. The van der Waals surface area contributed by atoms with Gasteiger partial charge in [0.05, 0.1) is 17.1 Å². The summed E-state index contributed by atoms with van der Waals surface area (Å²) >= 11 is 2.88. The molecule has 2 rings (SSSR count). The lowest BCUT2D eigenvalue weighted by molar-refractivity contribution is -0.142. The van der Waals surface area contributed by atoms with E-state index in [1.54, 1.807) is 0 Å². The average Bonchev–Trinajstić information content (AvgIpc) is 2.32. The molecule has 0 radical (unpaired) electrons. The fourth-order valence-electron chi connectivity index (χ4n) is 1.39. The maximum absolute atomic E-state index is 12.6. The Morgan fingerprint density at radius 2 is 1.94 bits per heavy atom. The predicted octanol–water partition coefficient (Wildman–Crippen LogP) is 3.13. The summed E-state index contributed by atoms with van der Waals surface area (Å²) in [5.41, 5.74) is -1.25. The van der Waals surface area contributed by atoms with Crippen LogP contribution in [0.2, 0.25) is 0 Å². The topological polar surface area (TPSA) is 55.2 Å². The first-order chi connectivity index (χ1) is 8.34. The van der Waals surface area contributed by atoms with Gasteiger partial charge in [0.15, 0.2) is 11.4 Å². The molecule has 96 valence electrons. The second kappa shape index (κ2) is 4.27. The second-order valence-corrected chi connectivity index (χ2v) is 4.14. The molecule has 0 atom stereocenters. The van der Waals surface area contributed by atoms with Gasteiger partial charge in [-0.3, -0.25) is 0 Å². The van der Waals surface area contributed by atoms with Crippen molar-refractivity contribution in [1.29, 1.82) is 0 Å². The molecule has 2 heterocycles. The van der Waals surface area contributed by atoms with Crippen LogP contribution in [0.5, 0.6) is 11.6 Å². The van der Waals surface area contributed by atoms with Crippen molar-refractivity contribution in [1.82, 2.24) is 9.97 Å². The zero-order chi connectivity index (χ0) is 13.5. The van der Waals surface area contributed by atoms with Gasteiger partial charge in [-0.25, -0.2) is 9.97 Å². The molecule has 1 N–H and O–H groups in total. The van der Waals surface area contributed by atoms with Crippen LogP contribution >= 0.6 is 15.9 Å². The maximum atomic E-state index is 12.6. The first-order valence-electron chi connectivity index (χ1n) is 4.65. The van der Waals surface area contributed by atoms with Gasteiger partial charge in [0.1, 0.15) is 5.52 Å². The first-order valence-corrected chi connectivity index (χ1v) is 5.44. The predicted molar refractivity (Wildman–Crippen MR) is 60.5 cm³/mol. The summed E-state index contributed by atoms with van der Waals surface area (Å²) in [4.78, 5) is 7.28. The Morgan fingerprint density at radius 1 is 1.28 bits per heavy atom. The highest BCUT2D eigenvalue weighted by atomic mass is 79.9. The van der Waals surface area contributed by atoms with Gasteiger partial charge in [-0.05, 0) is 22.0 Å². The van der Waals surface area contributed by atoms with Crippen LogP contribution in [0.15, 0.2) is 16.6 Å². The minimum atomic E-state index is -4.74. The standard InChI is InChI=1S/C10H6BrF3N2O2/c1-18-5-3-2-4-7(16-5)6(11)8(17)9(15-4)10(12,13)14/h2-3,17H,1H3. The number of aromatic nitrogens is 2. The number of hydrogen-bond acceptors (Lipinski definition) is 4. The van der Waals surface area contributed by atoms with Crippen LogP contribution in [0.25, 0.3) is 11.0 Å². The summed E-state index contributed by atoms with van der Waals surface area (Å²) in [5, 5.41) is 9.48. The van der Waals surface area contributed by atoms with Crippen LogP contribution in [0.3, 0.4) is 0 Å². The van der Waals surface area contributed by atoms with Gasteiger partial charge in [-0.1, -0.05) is 0 Å². The molecule has 0 aliphatic carbocycles. The van der Waals surface area contributed by atoms with E-state index in [0.717, 1.165) is 0 Å². The highest BCUT2D eigenvalue weighted by molar-refractivity contribution is 9.10. The van der Waals surface area contributed by atoms with Crippen LogP contribution in [0.4, 0.5) is 13.2 Å². The van der Waals surface area contributed by atoms with Crippen molar-refractivity contribution in [3.8, 4) is 11.6 Å². The maximum Gasteiger partial charge on any atom is 0.437 e. The van der Waals surface area contributed by atoms with E-state index >= 15 is 0 Å². The summed E-state index contributed by atoms with van der Waals surface area (Å²) in [6.07, 6.45) is -4.74. The molecule has 0 aliphatic rings. The van der Waals surface area contributed by atoms with E-state index in [4.69, 9.17) is 4.74 Å². The number of hydrogen-bond donors (Lipinski definition) is 1. The monoisotopic (exact) mass is 322 g/mol. The Bertz CT molecular complexity index is 616. The minimum Gasteiger partial charge on any atom is -0.505 e. The molecule has 0 fully saturated rings. The van der Waals surface area contributed by atoms with Gasteiger partial charge in [0, 0.05) is 6.07 Å². The summed E-state index contributed by atoms with van der Waals surface area (Å²) in [6, 6.07) is 2.72. The smallest absolute Gasteiger partial charge is 0.437 e. The van der Waals surface area contributed by atoms with E-state index in [1.165, 1.54) is 19.2 Å². The Kier molecular flexibility index (Phi) is 3.05. The Hall–Kier alpha value is -1.57.